The minimum atomic E-state index is -0.509. The van der Waals surface area contributed by atoms with Crippen molar-refractivity contribution in [2.24, 2.45) is 0 Å². The molecule has 13 aromatic rings. The van der Waals surface area contributed by atoms with E-state index in [2.05, 4.69) is 162 Å². The second-order valence-electron chi connectivity index (χ2n) is 18.2. The van der Waals surface area contributed by atoms with E-state index in [1.807, 2.05) is 72.8 Å². The lowest BCUT2D eigenvalue weighted by Crippen LogP contribution is -2.28. The fourth-order valence-electron chi connectivity index (χ4n) is 11.8. The molecule has 4 heterocycles. The maximum absolute atomic E-state index is 6.60. The Bertz CT molecular complexity index is 4130. The van der Waals surface area contributed by atoms with E-state index >= 15 is 0 Å². The summed E-state index contributed by atoms with van der Waals surface area (Å²) in [6.07, 6.45) is 0. The van der Waals surface area contributed by atoms with Gasteiger partial charge in [-0.1, -0.05) is 194 Å². The van der Waals surface area contributed by atoms with Crippen LogP contribution in [0.4, 0.5) is 0 Å². The second-order valence-corrected chi connectivity index (χ2v) is 18.2. The minimum Gasteiger partial charge on any atom is -0.456 e. The van der Waals surface area contributed by atoms with Gasteiger partial charge in [-0.2, -0.15) is 0 Å². The Hall–Kier alpha value is -9.19. The Kier molecular flexibility index (Phi) is 7.93. The number of hydrogen-bond donors (Lipinski definition) is 0. The zero-order valence-electron chi connectivity index (χ0n) is 37.1. The molecule has 3 aromatic heterocycles. The first-order chi connectivity index (χ1) is 34.2. The van der Waals surface area contributed by atoms with Gasteiger partial charge in [0, 0.05) is 49.4 Å². The summed E-state index contributed by atoms with van der Waals surface area (Å²) >= 11 is 0. The molecule has 2 aliphatic rings. The zero-order valence-corrected chi connectivity index (χ0v) is 37.1. The van der Waals surface area contributed by atoms with E-state index in [4.69, 9.17) is 19.4 Å². The van der Waals surface area contributed by atoms with Crippen molar-refractivity contribution in [2.75, 3.05) is 0 Å². The molecule has 0 N–H and O–H groups in total. The third-order valence-corrected chi connectivity index (χ3v) is 14.7. The van der Waals surface area contributed by atoms with Crippen LogP contribution in [0.5, 0.6) is 0 Å². The van der Waals surface area contributed by atoms with E-state index in [0.29, 0.717) is 17.5 Å². The second kappa shape index (κ2) is 14.4. The van der Waals surface area contributed by atoms with Crippen molar-refractivity contribution in [3.63, 3.8) is 0 Å². The molecule has 15 rings (SSSR count). The predicted molar refractivity (Wildman–Crippen MR) is 279 cm³/mol. The lowest BCUT2D eigenvalue weighted by atomic mass is 9.67. The number of furan rings is 1. The highest BCUT2D eigenvalue weighted by Crippen LogP contribution is 2.62. The molecule has 0 radical (unpaired) electrons. The number of rotatable bonds is 6. The molecule has 320 valence electrons. The maximum atomic E-state index is 6.60. The number of fused-ring (bicyclic) bond motifs is 9. The molecular weight excluding hydrogens is 841 g/mol. The van der Waals surface area contributed by atoms with Crippen LogP contribution in [0.3, 0.4) is 0 Å². The summed E-state index contributed by atoms with van der Waals surface area (Å²) in [6, 6.07) is 82.8. The fourth-order valence-corrected chi connectivity index (χ4v) is 11.8. The lowest BCUT2D eigenvalue weighted by molar-refractivity contribution is 0.669. The molecule has 0 bridgehead atoms. The van der Waals surface area contributed by atoms with Crippen LogP contribution < -0.4 is 0 Å². The summed E-state index contributed by atoms with van der Waals surface area (Å²) < 4.78 is 9.14. The van der Waals surface area contributed by atoms with Crippen LogP contribution in [0.25, 0.3) is 117 Å². The molecule has 5 nitrogen and oxygen atoms in total. The Morgan fingerprint density at radius 3 is 1.64 bits per heavy atom. The molecule has 0 saturated carbocycles. The third kappa shape index (κ3) is 5.32. The highest BCUT2D eigenvalue weighted by Gasteiger charge is 2.49. The van der Waals surface area contributed by atoms with E-state index in [-0.39, 0.29) is 0 Å². The third-order valence-electron chi connectivity index (χ3n) is 14.7. The molecule has 1 aliphatic carbocycles. The molecule has 0 atom stereocenters. The van der Waals surface area contributed by atoms with Crippen molar-refractivity contribution in [1.82, 2.24) is 19.5 Å². The standard InChI is InChI=1S/C64H38N4O/c1-5-17-39(18-6-1)61-65-62(40-19-7-2-8-20-40)67-63(66-61)48-27-16-30-56-57(48)50-38-42(32-36-55(50)69-56)41-31-35-54-49(37-41)47-33-34-52-59-58-46(45-25-13-14-29-53(45)68(54)60(47)59)26-15-28-51(58)64(52,43-21-9-3-10-22-43)44-23-11-4-12-24-44/h1-38H. The van der Waals surface area contributed by atoms with Crippen LogP contribution in [-0.4, -0.2) is 19.5 Å². The zero-order chi connectivity index (χ0) is 45.2. The Labute approximate surface area is 397 Å². The van der Waals surface area contributed by atoms with Crippen molar-refractivity contribution < 1.29 is 4.42 Å². The van der Waals surface area contributed by atoms with Crippen molar-refractivity contribution in [3.05, 3.63) is 253 Å². The molecule has 0 saturated heterocycles. The average Bonchev–Trinajstić information content (AvgIpc) is 4.04. The van der Waals surface area contributed by atoms with Crippen LogP contribution in [0, 0.1) is 0 Å². The quantitative estimate of drug-likeness (QED) is 0.167. The SMILES string of the molecule is c1ccc(-c2nc(-c3ccccc3)nc(-c3cccc4oc5ccc(-c6ccc7c(c6)c6ccc8c9c6n7-c6ccccc6-c6cccc(c6-9)C8(c6ccccc6)c6ccccc6)cc5c34)n2)cc1. The van der Waals surface area contributed by atoms with Gasteiger partial charge in [-0.15, -0.1) is 0 Å². The molecule has 5 heteroatoms. The van der Waals surface area contributed by atoms with E-state index in [0.717, 1.165) is 49.8 Å². The Morgan fingerprint density at radius 2 is 0.928 bits per heavy atom. The average molecular weight is 879 g/mol. The number of nitrogens with zero attached hydrogens (tertiary/aromatic N) is 4. The predicted octanol–water partition coefficient (Wildman–Crippen LogP) is 15.9. The minimum absolute atomic E-state index is 0.509. The summed E-state index contributed by atoms with van der Waals surface area (Å²) in [5, 5.41) is 4.42. The van der Waals surface area contributed by atoms with Gasteiger partial charge in [-0.05, 0) is 80.9 Å². The van der Waals surface area contributed by atoms with E-state index < -0.39 is 5.41 Å². The van der Waals surface area contributed by atoms with Crippen LogP contribution in [0.1, 0.15) is 22.3 Å². The first-order valence-electron chi connectivity index (χ1n) is 23.5. The van der Waals surface area contributed by atoms with Crippen molar-refractivity contribution in [1.29, 1.82) is 0 Å². The topological polar surface area (TPSA) is 56.7 Å². The molecule has 0 unspecified atom stereocenters. The van der Waals surface area contributed by atoms with Gasteiger partial charge in [0.25, 0.3) is 0 Å². The fraction of sp³-hybridized carbons (Fsp3) is 0.0156. The largest absolute Gasteiger partial charge is 0.456 e. The van der Waals surface area contributed by atoms with Gasteiger partial charge in [-0.3, -0.25) is 0 Å². The van der Waals surface area contributed by atoms with E-state index in [9.17, 15) is 0 Å². The summed E-state index contributed by atoms with van der Waals surface area (Å²) in [6.45, 7) is 0. The maximum Gasteiger partial charge on any atom is 0.164 e. The lowest BCUT2D eigenvalue weighted by Gasteiger charge is -2.34. The molecule has 0 spiro atoms. The van der Waals surface area contributed by atoms with Gasteiger partial charge < -0.3 is 8.98 Å². The highest BCUT2D eigenvalue weighted by molar-refractivity contribution is 6.20. The Balaban J connectivity index is 0.957. The Morgan fingerprint density at radius 1 is 0.362 bits per heavy atom. The summed E-state index contributed by atoms with van der Waals surface area (Å²) in [7, 11) is 0. The van der Waals surface area contributed by atoms with Gasteiger partial charge in [0.2, 0.25) is 0 Å². The van der Waals surface area contributed by atoms with Crippen molar-refractivity contribution in [3.8, 4) is 73.2 Å². The number of benzene rings is 10. The monoisotopic (exact) mass is 878 g/mol. The highest BCUT2D eigenvalue weighted by atomic mass is 16.3. The van der Waals surface area contributed by atoms with Crippen LogP contribution >= 0.6 is 0 Å². The van der Waals surface area contributed by atoms with Crippen molar-refractivity contribution in [2.45, 2.75) is 5.41 Å². The first kappa shape index (κ1) is 38.0. The number of aromatic nitrogens is 4. The van der Waals surface area contributed by atoms with E-state index in [1.54, 1.807) is 0 Å². The van der Waals surface area contributed by atoms with Gasteiger partial charge in [0.1, 0.15) is 11.2 Å². The normalized spacial score (nSPS) is 13.0. The van der Waals surface area contributed by atoms with Gasteiger partial charge >= 0.3 is 0 Å². The molecule has 0 fully saturated rings. The van der Waals surface area contributed by atoms with Gasteiger partial charge in [-0.25, -0.2) is 15.0 Å². The van der Waals surface area contributed by atoms with Crippen LogP contribution in [-0.2, 0) is 5.41 Å². The van der Waals surface area contributed by atoms with Crippen molar-refractivity contribution >= 4 is 43.7 Å². The van der Waals surface area contributed by atoms with Gasteiger partial charge in [0.15, 0.2) is 17.5 Å². The molecule has 0 amide bonds. The van der Waals surface area contributed by atoms with Crippen LogP contribution in [0.15, 0.2) is 235 Å². The first-order valence-corrected chi connectivity index (χ1v) is 23.5. The molecular formula is C64H38N4O. The van der Waals surface area contributed by atoms with Crippen LogP contribution in [0.2, 0.25) is 0 Å². The van der Waals surface area contributed by atoms with Gasteiger partial charge in [0.05, 0.1) is 22.1 Å². The summed E-state index contributed by atoms with van der Waals surface area (Å²) in [4.78, 5) is 15.2. The smallest absolute Gasteiger partial charge is 0.164 e. The summed E-state index contributed by atoms with van der Waals surface area (Å²) in [5.41, 5.74) is 19.9. The van der Waals surface area contributed by atoms with E-state index in [1.165, 1.54) is 72.0 Å². The molecule has 69 heavy (non-hydrogen) atoms. The molecule has 10 aromatic carbocycles. The number of para-hydroxylation sites is 1. The summed E-state index contributed by atoms with van der Waals surface area (Å²) in [5.74, 6) is 1.84. The molecule has 1 aliphatic heterocycles. The number of hydrogen-bond acceptors (Lipinski definition) is 4.